The summed E-state index contributed by atoms with van der Waals surface area (Å²) in [7, 11) is 1.52. The summed E-state index contributed by atoms with van der Waals surface area (Å²) in [6.45, 7) is 0.652. The van der Waals surface area contributed by atoms with Crippen molar-refractivity contribution in [2.45, 2.75) is 6.42 Å². The second-order valence-corrected chi connectivity index (χ2v) is 5.03. The van der Waals surface area contributed by atoms with Gasteiger partial charge in [-0.25, -0.2) is 0 Å². The Morgan fingerprint density at radius 3 is 2.86 bits per heavy atom. The lowest BCUT2D eigenvalue weighted by Gasteiger charge is -2.17. The molecule has 3 rings (SSSR count). The predicted octanol–water partition coefficient (Wildman–Crippen LogP) is 2.23. The summed E-state index contributed by atoms with van der Waals surface area (Å²) in [5.74, 6) is 0.138. The minimum atomic E-state index is -0.270. The Morgan fingerprint density at radius 1 is 1.23 bits per heavy atom. The van der Waals surface area contributed by atoms with E-state index >= 15 is 0 Å². The molecule has 2 aromatic carbocycles. The van der Waals surface area contributed by atoms with Gasteiger partial charge in [0.05, 0.1) is 12.7 Å². The van der Waals surface area contributed by atoms with E-state index in [1.165, 1.54) is 7.11 Å². The van der Waals surface area contributed by atoms with Crippen LogP contribution in [0.5, 0.6) is 5.75 Å². The van der Waals surface area contributed by atoms with Crippen LogP contribution >= 0.6 is 0 Å². The molecule has 0 aliphatic carbocycles. The molecule has 0 bridgehead atoms. The summed E-state index contributed by atoms with van der Waals surface area (Å²) in [6, 6.07) is 12.4. The van der Waals surface area contributed by atoms with Crippen LogP contribution in [0.2, 0.25) is 0 Å². The van der Waals surface area contributed by atoms with Crippen molar-refractivity contribution in [3.8, 4) is 5.75 Å². The highest BCUT2D eigenvalue weighted by Gasteiger charge is 2.18. The maximum absolute atomic E-state index is 12.4. The minimum absolute atomic E-state index is 0.102. The van der Waals surface area contributed by atoms with E-state index in [0.29, 0.717) is 29.1 Å². The highest BCUT2D eigenvalue weighted by molar-refractivity contribution is 6.07. The number of carbonyl (C=O) groups excluding carboxylic acids is 2. The van der Waals surface area contributed by atoms with Gasteiger partial charge in [-0.3, -0.25) is 9.59 Å². The fraction of sp³-hybridized carbons (Fsp3) is 0.176. The lowest BCUT2D eigenvalue weighted by Crippen LogP contribution is -2.31. The smallest absolute Gasteiger partial charge is 0.259 e. The van der Waals surface area contributed by atoms with Crippen LogP contribution in [-0.4, -0.2) is 25.5 Å². The van der Waals surface area contributed by atoms with E-state index in [9.17, 15) is 9.59 Å². The molecular formula is C17H16N2O3. The van der Waals surface area contributed by atoms with Crippen LogP contribution in [0.25, 0.3) is 0 Å². The second kappa shape index (κ2) is 5.89. The topological polar surface area (TPSA) is 67.4 Å². The van der Waals surface area contributed by atoms with Crippen molar-refractivity contribution in [3.63, 3.8) is 0 Å². The third kappa shape index (κ3) is 2.65. The summed E-state index contributed by atoms with van der Waals surface area (Å²) >= 11 is 0. The monoisotopic (exact) mass is 296 g/mol. The summed E-state index contributed by atoms with van der Waals surface area (Å²) in [6.07, 6.45) is 0.807. The zero-order valence-corrected chi connectivity index (χ0v) is 12.2. The van der Waals surface area contributed by atoms with Crippen LogP contribution in [-0.2, 0) is 6.42 Å². The van der Waals surface area contributed by atoms with Gasteiger partial charge >= 0.3 is 0 Å². The minimum Gasteiger partial charge on any atom is -0.496 e. The van der Waals surface area contributed by atoms with E-state index in [1.54, 1.807) is 30.3 Å². The van der Waals surface area contributed by atoms with E-state index in [1.807, 2.05) is 12.1 Å². The number of amides is 2. The molecule has 0 saturated heterocycles. The lowest BCUT2D eigenvalue weighted by atomic mass is 10.00. The van der Waals surface area contributed by atoms with Gasteiger partial charge in [0.25, 0.3) is 11.8 Å². The summed E-state index contributed by atoms with van der Waals surface area (Å²) in [5, 5.41) is 5.60. The first-order chi connectivity index (χ1) is 10.7. The first kappa shape index (κ1) is 14.1. The Bertz CT molecular complexity index is 740. The normalized spacial score (nSPS) is 13.0. The quantitative estimate of drug-likeness (QED) is 0.912. The van der Waals surface area contributed by atoms with E-state index in [-0.39, 0.29) is 11.8 Å². The van der Waals surface area contributed by atoms with Crippen molar-refractivity contribution < 1.29 is 14.3 Å². The average molecular weight is 296 g/mol. The number of anilines is 1. The molecule has 2 amide bonds. The van der Waals surface area contributed by atoms with Crippen LogP contribution in [0, 0.1) is 0 Å². The molecule has 2 aromatic rings. The third-order valence-electron chi connectivity index (χ3n) is 3.64. The number of carbonyl (C=O) groups is 2. The van der Waals surface area contributed by atoms with Gasteiger partial charge in [-0.2, -0.15) is 0 Å². The molecular weight excluding hydrogens is 280 g/mol. The number of rotatable bonds is 3. The molecule has 1 aliphatic heterocycles. The number of hydrogen-bond donors (Lipinski definition) is 2. The summed E-state index contributed by atoms with van der Waals surface area (Å²) in [5.41, 5.74) is 2.65. The first-order valence-electron chi connectivity index (χ1n) is 7.04. The van der Waals surface area contributed by atoms with Gasteiger partial charge in [0.15, 0.2) is 0 Å². The molecule has 1 heterocycles. The molecule has 5 nitrogen and oxygen atoms in total. The fourth-order valence-electron chi connectivity index (χ4n) is 2.52. The molecule has 22 heavy (non-hydrogen) atoms. The fourth-order valence-corrected chi connectivity index (χ4v) is 2.52. The van der Waals surface area contributed by atoms with Crippen molar-refractivity contribution in [3.05, 3.63) is 59.2 Å². The standard InChI is InChI=1S/C17H16N2O3/c1-22-15-5-3-2-4-13(15)17(21)19-12-7-6-11-8-9-18-16(20)14(11)10-12/h2-7,10H,8-9H2,1H3,(H,18,20)(H,19,21). The first-order valence-corrected chi connectivity index (χ1v) is 7.04. The number of hydrogen-bond acceptors (Lipinski definition) is 3. The van der Waals surface area contributed by atoms with Crippen LogP contribution in [0.4, 0.5) is 5.69 Å². The van der Waals surface area contributed by atoms with Gasteiger partial charge in [-0.15, -0.1) is 0 Å². The van der Waals surface area contributed by atoms with E-state index in [2.05, 4.69) is 10.6 Å². The molecule has 0 unspecified atom stereocenters. The van der Waals surface area contributed by atoms with E-state index < -0.39 is 0 Å². The number of para-hydroxylation sites is 1. The SMILES string of the molecule is COc1ccccc1C(=O)Nc1ccc2c(c1)C(=O)NCC2. The molecule has 112 valence electrons. The Labute approximate surface area is 128 Å². The van der Waals surface area contributed by atoms with Gasteiger partial charge in [0.2, 0.25) is 0 Å². The molecule has 0 radical (unpaired) electrons. The maximum Gasteiger partial charge on any atom is 0.259 e. The molecule has 2 N–H and O–H groups in total. The highest BCUT2D eigenvalue weighted by atomic mass is 16.5. The molecule has 0 spiro atoms. The van der Waals surface area contributed by atoms with Gasteiger partial charge in [-0.05, 0) is 36.2 Å². The number of nitrogens with one attached hydrogen (secondary N) is 2. The average Bonchev–Trinajstić information content (AvgIpc) is 2.55. The largest absolute Gasteiger partial charge is 0.496 e. The number of fused-ring (bicyclic) bond motifs is 1. The Hall–Kier alpha value is -2.82. The van der Waals surface area contributed by atoms with Gasteiger partial charge in [-0.1, -0.05) is 18.2 Å². The van der Waals surface area contributed by atoms with Gasteiger partial charge < -0.3 is 15.4 Å². The molecule has 5 heteroatoms. The second-order valence-electron chi connectivity index (χ2n) is 5.03. The van der Waals surface area contributed by atoms with Crippen molar-refractivity contribution >= 4 is 17.5 Å². The zero-order valence-electron chi connectivity index (χ0n) is 12.2. The Balaban J connectivity index is 1.85. The van der Waals surface area contributed by atoms with Crippen molar-refractivity contribution in [2.24, 2.45) is 0 Å². The van der Waals surface area contributed by atoms with Crippen molar-refractivity contribution in [1.82, 2.24) is 5.32 Å². The molecule has 0 fully saturated rings. The number of methoxy groups -OCH3 is 1. The maximum atomic E-state index is 12.4. The summed E-state index contributed by atoms with van der Waals surface area (Å²) in [4.78, 5) is 24.2. The molecule has 0 aromatic heterocycles. The molecule has 0 saturated carbocycles. The van der Waals surface area contributed by atoms with Crippen LogP contribution in [0.15, 0.2) is 42.5 Å². The van der Waals surface area contributed by atoms with Crippen molar-refractivity contribution in [1.29, 1.82) is 0 Å². The van der Waals surface area contributed by atoms with Gasteiger partial charge in [0.1, 0.15) is 5.75 Å². The Morgan fingerprint density at radius 2 is 2.05 bits per heavy atom. The summed E-state index contributed by atoms with van der Waals surface area (Å²) < 4.78 is 5.19. The van der Waals surface area contributed by atoms with Gasteiger partial charge in [0, 0.05) is 17.8 Å². The van der Waals surface area contributed by atoms with Crippen molar-refractivity contribution in [2.75, 3.05) is 19.0 Å². The highest BCUT2D eigenvalue weighted by Crippen LogP contribution is 2.22. The predicted molar refractivity (Wildman–Crippen MR) is 83.4 cm³/mol. The number of ether oxygens (including phenoxy) is 1. The lowest BCUT2D eigenvalue weighted by molar-refractivity contribution is 0.0944. The zero-order chi connectivity index (χ0) is 15.5. The van der Waals surface area contributed by atoms with Crippen LogP contribution < -0.4 is 15.4 Å². The van der Waals surface area contributed by atoms with Crippen LogP contribution in [0.1, 0.15) is 26.3 Å². The van der Waals surface area contributed by atoms with E-state index in [0.717, 1.165) is 12.0 Å². The Kier molecular flexibility index (Phi) is 3.78. The number of benzene rings is 2. The molecule has 1 aliphatic rings. The van der Waals surface area contributed by atoms with E-state index in [4.69, 9.17) is 4.74 Å². The third-order valence-corrected chi connectivity index (χ3v) is 3.64. The van der Waals surface area contributed by atoms with Crippen LogP contribution in [0.3, 0.4) is 0 Å². The molecule has 0 atom stereocenters.